The quantitative estimate of drug-likeness (QED) is 0.625. The molecule has 3 aromatic carbocycles. The molecule has 8 heteroatoms. The molecule has 0 saturated carbocycles. The van der Waals surface area contributed by atoms with Gasteiger partial charge < -0.3 is 29.0 Å². The third-order valence-electron chi connectivity index (χ3n) is 7.49. The molecule has 1 N–H and O–H groups in total. The molecule has 3 atom stereocenters. The van der Waals surface area contributed by atoms with E-state index in [2.05, 4.69) is 11.0 Å². The molecular formula is C27H24N2O6. The average Bonchev–Trinajstić information content (AvgIpc) is 3.55. The van der Waals surface area contributed by atoms with Crippen molar-refractivity contribution in [2.75, 3.05) is 31.6 Å². The van der Waals surface area contributed by atoms with E-state index in [4.69, 9.17) is 18.9 Å². The summed E-state index contributed by atoms with van der Waals surface area (Å²) in [5, 5.41) is 10.3. The van der Waals surface area contributed by atoms with Gasteiger partial charge in [-0.25, -0.2) is 0 Å². The number of hydrogen-bond donors (Lipinski definition) is 1. The number of aliphatic hydroxyl groups excluding tert-OH is 1. The van der Waals surface area contributed by atoms with Gasteiger partial charge in [0.05, 0.1) is 6.61 Å². The summed E-state index contributed by atoms with van der Waals surface area (Å²) in [6, 6.07) is 19.4. The van der Waals surface area contributed by atoms with Crippen molar-refractivity contribution in [1.82, 2.24) is 4.90 Å². The molecule has 1 amide bonds. The molecule has 1 fully saturated rings. The van der Waals surface area contributed by atoms with Crippen LogP contribution in [-0.2, 0) is 6.54 Å². The third-order valence-corrected chi connectivity index (χ3v) is 7.49. The molecule has 178 valence electrons. The predicted molar refractivity (Wildman–Crippen MR) is 126 cm³/mol. The van der Waals surface area contributed by atoms with Crippen LogP contribution in [0.25, 0.3) is 0 Å². The smallest absolute Gasteiger partial charge is 0.258 e. The zero-order chi connectivity index (χ0) is 23.5. The molecule has 0 bridgehead atoms. The summed E-state index contributed by atoms with van der Waals surface area (Å²) in [4.78, 5) is 17.9. The summed E-state index contributed by atoms with van der Waals surface area (Å²) < 4.78 is 21.9. The average molecular weight is 472 g/mol. The topological polar surface area (TPSA) is 80.7 Å². The number of ether oxygens (including phenoxy) is 4. The van der Waals surface area contributed by atoms with E-state index in [1.165, 1.54) is 0 Å². The lowest BCUT2D eigenvalue weighted by Gasteiger charge is -2.59. The van der Waals surface area contributed by atoms with Crippen molar-refractivity contribution in [2.24, 2.45) is 0 Å². The number of fused-ring (bicyclic) bond motifs is 5. The Labute approximate surface area is 202 Å². The summed E-state index contributed by atoms with van der Waals surface area (Å²) in [5.74, 6) is 2.82. The summed E-state index contributed by atoms with van der Waals surface area (Å²) in [6.45, 7) is 1.64. The Bertz CT molecular complexity index is 1330. The van der Waals surface area contributed by atoms with E-state index in [9.17, 15) is 9.90 Å². The van der Waals surface area contributed by atoms with Crippen LogP contribution in [0.5, 0.6) is 23.0 Å². The number of amides is 1. The Morgan fingerprint density at radius 1 is 0.886 bits per heavy atom. The minimum Gasteiger partial charge on any atom is -0.454 e. The fourth-order valence-electron chi connectivity index (χ4n) is 5.83. The Balaban J connectivity index is 1.21. The van der Waals surface area contributed by atoms with Crippen LogP contribution in [0.4, 0.5) is 5.69 Å². The molecule has 0 aliphatic carbocycles. The molecule has 0 spiro atoms. The van der Waals surface area contributed by atoms with Crippen LogP contribution >= 0.6 is 0 Å². The standard InChI is InChI=1S/C27H24N2O6/c30-13-21-26-18-3-1-2-4-19(18)29(27(31)17-6-8-23-25(10-17)35-15-33-23)12-20(26)28(21)11-16-5-7-22-24(9-16)34-14-32-22/h1-10,20-21,26,30H,11-15H2/t20-,21+,26+/m0/s1. The number of anilines is 1. The minimum absolute atomic E-state index is 0.0191. The van der Waals surface area contributed by atoms with Crippen molar-refractivity contribution >= 4 is 11.6 Å². The highest BCUT2D eigenvalue weighted by atomic mass is 16.7. The SMILES string of the molecule is O=C(c1ccc2c(c1)OCO2)N1C[C@H]2[C@@H](c3ccccc31)[C@@H](CO)N2Cc1ccc2c(c1)OCO2. The van der Waals surface area contributed by atoms with Crippen LogP contribution in [0.2, 0.25) is 0 Å². The highest BCUT2D eigenvalue weighted by Crippen LogP contribution is 2.49. The van der Waals surface area contributed by atoms with Crippen molar-refractivity contribution in [3.63, 3.8) is 0 Å². The van der Waals surface area contributed by atoms with Gasteiger partial charge in [-0.05, 0) is 47.5 Å². The number of carbonyl (C=O) groups is 1. The number of carbonyl (C=O) groups excluding carboxylic acids is 1. The minimum atomic E-state index is -0.0790. The molecule has 0 radical (unpaired) electrons. The van der Waals surface area contributed by atoms with Crippen molar-refractivity contribution in [2.45, 2.75) is 24.5 Å². The van der Waals surface area contributed by atoms with Crippen LogP contribution in [-0.4, -0.2) is 54.7 Å². The van der Waals surface area contributed by atoms with Crippen LogP contribution in [0.3, 0.4) is 0 Å². The monoisotopic (exact) mass is 472 g/mol. The van der Waals surface area contributed by atoms with E-state index in [0.29, 0.717) is 30.2 Å². The van der Waals surface area contributed by atoms with Crippen LogP contribution < -0.4 is 23.8 Å². The maximum atomic E-state index is 13.7. The predicted octanol–water partition coefficient (Wildman–Crippen LogP) is 3.13. The van der Waals surface area contributed by atoms with Gasteiger partial charge in [0.2, 0.25) is 13.6 Å². The second kappa shape index (κ2) is 7.90. The van der Waals surface area contributed by atoms with Gasteiger partial charge in [-0.1, -0.05) is 24.3 Å². The first-order chi connectivity index (χ1) is 17.2. The van der Waals surface area contributed by atoms with Gasteiger partial charge in [-0.2, -0.15) is 0 Å². The Morgan fingerprint density at radius 3 is 2.40 bits per heavy atom. The number of aliphatic hydroxyl groups is 1. The molecule has 4 aliphatic heterocycles. The lowest BCUT2D eigenvalue weighted by Crippen LogP contribution is -2.68. The van der Waals surface area contributed by atoms with Crippen LogP contribution in [0.15, 0.2) is 60.7 Å². The first-order valence-electron chi connectivity index (χ1n) is 11.8. The van der Waals surface area contributed by atoms with E-state index in [0.717, 1.165) is 28.3 Å². The maximum Gasteiger partial charge on any atom is 0.258 e. The molecule has 4 heterocycles. The summed E-state index contributed by atoms with van der Waals surface area (Å²) in [5.41, 5.74) is 3.64. The zero-order valence-corrected chi connectivity index (χ0v) is 18.9. The molecule has 1 saturated heterocycles. The van der Waals surface area contributed by atoms with Gasteiger partial charge >= 0.3 is 0 Å². The van der Waals surface area contributed by atoms with Crippen molar-refractivity contribution < 1.29 is 28.8 Å². The molecule has 0 aromatic heterocycles. The highest BCUT2D eigenvalue weighted by molar-refractivity contribution is 6.07. The van der Waals surface area contributed by atoms with E-state index in [-0.39, 0.29) is 44.1 Å². The number of hydrogen-bond acceptors (Lipinski definition) is 7. The summed E-state index contributed by atoms with van der Waals surface area (Å²) in [7, 11) is 0. The molecular weight excluding hydrogens is 448 g/mol. The second-order valence-electron chi connectivity index (χ2n) is 9.25. The normalized spacial score (nSPS) is 23.5. The molecule has 4 aliphatic rings. The first kappa shape index (κ1) is 20.6. The van der Waals surface area contributed by atoms with Crippen molar-refractivity contribution in [3.05, 3.63) is 77.4 Å². The van der Waals surface area contributed by atoms with Gasteiger partial charge in [-0.3, -0.25) is 9.69 Å². The molecule has 7 rings (SSSR count). The molecule has 35 heavy (non-hydrogen) atoms. The highest BCUT2D eigenvalue weighted by Gasteiger charge is 2.53. The molecule has 8 nitrogen and oxygen atoms in total. The number of nitrogens with zero attached hydrogens (tertiary/aromatic N) is 2. The lowest BCUT2D eigenvalue weighted by molar-refractivity contribution is -0.0488. The van der Waals surface area contributed by atoms with Crippen LogP contribution in [0, 0.1) is 0 Å². The Hall–Kier alpha value is -3.75. The number of para-hydroxylation sites is 1. The van der Waals surface area contributed by atoms with Gasteiger partial charge in [0.25, 0.3) is 5.91 Å². The summed E-state index contributed by atoms with van der Waals surface area (Å²) >= 11 is 0. The Morgan fingerprint density at radius 2 is 1.60 bits per heavy atom. The zero-order valence-electron chi connectivity index (χ0n) is 18.9. The fraction of sp³-hybridized carbons (Fsp3) is 0.296. The summed E-state index contributed by atoms with van der Waals surface area (Å²) in [6.07, 6.45) is 0. The number of benzene rings is 3. The fourth-order valence-corrected chi connectivity index (χ4v) is 5.83. The maximum absolute atomic E-state index is 13.7. The first-order valence-corrected chi connectivity index (χ1v) is 11.8. The second-order valence-corrected chi connectivity index (χ2v) is 9.25. The Kier molecular flexibility index (Phi) is 4.65. The largest absolute Gasteiger partial charge is 0.454 e. The van der Waals surface area contributed by atoms with Crippen molar-refractivity contribution in [3.8, 4) is 23.0 Å². The van der Waals surface area contributed by atoms with Crippen molar-refractivity contribution in [1.29, 1.82) is 0 Å². The van der Waals surface area contributed by atoms with Gasteiger partial charge in [0.15, 0.2) is 23.0 Å². The van der Waals surface area contributed by atoms with Crippen LogP contribution in [0.1, 0.15) is 27.4 Å². The molecule has 3 aromatic rings. The number of rotatable bonds is 4. The number of likely N-dealkylation sites (tertiary alicyclic amines) is 1. The van der Waals surface area contributed by atoms with E-state index in [1.807, 2.05) is 41.3 Å². The van der Waals surface area contributed by atoms with Gasteiger partial charge in [0.1, 0.15) is 0 Å². The lowest BCUT2D eigenvalue weighted by atomic mass is 9.71. The third kappa shape index (κ3) is 3.17. The van der Waals surface area contributed by atoms with Gasteiger partial charge in [-0.15, -0.1) is 0 Å². The van der Waals surface area contributed by atoms with Gasteiger partial charge in [0, 0.05) is 42.3 Å². The van der Waals surface area contributed by atoms with E-state index >= 15 is 0 Å². The van der Waals surface area contributed by atoms with E-state index in [1.54, 1.807) is 18.2 Å². The molecule has 0 unspecified atom stereocenters. The van der Waals surface area contributed by atoms with E-state index < -0.39 is 0 Å².